The zero-order valence-electron chi connectivity index (χ0n) is 11.7. The van der Waals surface area contributed by atoms with Crippen LogP contribution >= 0.6 is 0 Å². The summed E-state index contributed by atoms with van der Waals surface area (Å²) < 4.78 is 5.74. The van der Waals surface area contributed by atoms with Gasteiger partial charge in [-0.1, -0.05) is 0 Å². The Kier molecular flexibility index (Phi) is 7.23. The molecule has 1 heterocycles. The van der Waals surface area contributed by atoms with E-state index in [0.29, 0.717) is 19.2 Å². The summed E-state index contributed by atoms with van der Waals surface area (Å²) in [6.07, 6.45) is 3.33. The van der Waals surface area contributed by atoms with Gasteiger partial charge in [-0.05, 0) is 32.7 Å². The Morgan fingerprint density at radius 2 is 2.11 bits per heavy atom. The molecule has 1 fully saturated rings. The van der Waals surface area contributed by atoms with Gasteiger partial charge in [-0.2, -0.15) is 0 Å². The van der Waals surface area contributed by atoms with E-state index >= 15 is 0 Å². The van der Waals surface area contributed by atoms with Crippen molar-refractivity contribution in [2.75, 3.05) is 46.4 Å². The topological polar surface area (TPSA) is 58.8 Å². The largest absolute Gasteiger partial charge is 0.378 e. The molecule has 0 aliphatic carbocycles. The summed E-state index contributed by atoms with van der Waals surface area (Å²) in [5.74, 6) is 0.208. The number of rotatable bonds is 7. The lowest BCUT2D eigenvalue weighted by Gasteiger charge is -2.32. The first-order chi connectivity index (χ1) is 8.67. The molecule has 0 aromatic rings. The number of likely N-dealkylation sites (N-methyl/N-ethyl adjacent to an activating group) is 1. The fourth-order valence-corrected chi connectivity index (χ4v) is 2.06. The highest BCUT2D eigenvalue weighted by molar-refractivity contribution is 5.77. The third kappa shape index (κ3) is 5.33. The van der Waals surface area contributed by atoms with Crippen LogP contribution in [-0.4, -0.2) is 68.2 Å². The van der Waals surface area contributed by atoms with Crippen LogP contribution in [0.25, 0.3) is 0 Å². The van der Waals surface area contributed by atoms with E-state index in [-0.39, 0.29) is 5.91 Å². The highest BCUT2D eigenvalue weighted by atomic mass is 16.5. The van der Waals surface area contributed by atoms with Crippen LogP contribution < -0.4 is 5.73 Å². The normalized spacial score (nSPS) is 17.9. The number of carbonyl (C=O) groups is 1. The summed E-state index contributed by atoms with van der Waals surface area (Å²) in [4.78, 5) is 15.8. The van der Waals surface area contributed by atoms with Crippen LogP contribution in [0.4, 0.5) is 0 Å². The lowest BCUT2D eigenvalue weighted by molar-refractivity contribution is -0.131. The number of likely N-dealkylation sites (tertiary alicyclic amines) is 1. The van der Waals surface area contributed by atoms with Gasteiger partial charge in [0.05, 0.1) is 12.6 Å². The van der Waals surface area contributed by atoms with Crippen LogP contribution in [0.5, 0.6) is 0 Å². The first-order valence-electron chi connectivity index (χ1n) is 6.95. The molecule has 106 valence electrons. The van der Waals surface area contributed by atoms with Gasteiger partial charge in [0.2, 0.25) is 5.91 Å². The van der Waals surface area contributed by atoms with Crippen LogP contribution in [0.3, 0.4) is 0 Å². The summed E-state index contributed by atoms with van der Waals surface area (Å²) in [6, 6.07) is 0. The number of nitrogens with two attached hydrogens (primary N) is 1. The average Bonchev–Trinajstić information content (AvgIpc) is 2.40. The van der Waals surface area contributed by atoms with Gasteiger partial charge in [0.1, 0.15) is 0 Å². The second-order valence-electron chi connectivity index (χ2n) is 4.90. The molecule has 0 bridgehead atoms. The molecule has 0 radical (unpaired) electrons. The van der Waals surface area contributed by atoms with Gasteiger partial charge in [-0.25, -0.2) is 0 Å². The fourth-order valence-electron chi connectivity index (χ4n) is 2.06. The van der Waals surface area contributed by atoms with Crippen molar-refractivity contribution in [2.45, 2.75) is 32.3 Å². The number of hydrogen-bond donors (Lipinski definition) is 1. The minimum atomic E-state index is 0.208. The molecular formula is C13H27N3O2. The van der Waals surface area contributed by atoms with Gasteiger partial charge >= 0.3 is 0 Å². The SMILES string of the molecule is CCN(C)C(=O)CN1CCC(OCCCN)CC1. The highest BCUT2D eigenvalue weighted by Gasteiger charge is 2.21. The monoisotopic (exact) mass is 257 g/mol. The summed E-state index contributed by atoms with van der Waals surface area (Å²) in [5.41, 5.74) is 5.43. The molecule has 0 aromatic heterocycles. The minimum absolute atomic E-state index is 0.208. The second-order valence-corrected chi connectivity index (χ2v) is 4.90. The molecule has 1 saturated heterocycles. The maximum Gasteiger partial charge on any atom is 0.236 e. The Morgan fingerprint density at radius 1 is 1.44 bits per heavy atom. The summed E-state index contributed by atoms with van der Waals surface area (Å²) in [6.45, 7) is 6.68. The van der Waals surface area contributed by atoms with Crippen molar-refractivity contribution in [1.29, 1.82) is 0 Å². The minimum Gasteiger partial charge on any atom is -0.378 e. The molecule has 1 aliphatic heterocycles. The van der Waals surface area contributed by atoms with Crippen molar-refractivity contribution in [3.05, 3.63) is 0 Å². The van der Waals surface area contributed by atoms with Crippen molar-refractivity contribution in [3.63, 3.8) is 0 Å². The molecule has 2 N–H and O–H groups in total. The number of piperidine rings is 1. The smallest absolute Gasteiger partial charge is 0.236 e. The van der Waals surface area contributed by atoms with E-state index in [4.69, 9.17) is 10.5 Å². The summed E-state index contributed by atoms with van der Waals surface area (Å²) >= 11 is 0. The van der Waals surface area contributed by atoms with Crippen LogP contribution in [0.1, 0.15) is 26.2 Å². The van der Waals surface area contributed by atoms with Gasteiger partial charge in [-0.3, -0.25) is 9.69 Å². The Balaban J connectivity index is 2.17. The first kappa shape index (κ1) is 15.4. The molecule has 0 unspecified atom stereocenters. The molecule has 5 nitrogen and oxygen atoms in total. The average molecular weight is 257 g/mol. The maximum atomic E-state index is 11.8. The van der Waals surface area contributed by atoms with Crippen molar-refractivity contribution >= 4 is 5.91 Å². The fraction of sp³-hybridized carbons (Fsp3) is 0.923. The maximum absolute atomic E-state index is 11.8. The molecule has 5 heteroatoms. The third-order valence-corrected chi connectivity index (χ3v) is 3.50. The predicted octanol–water partition coefficient (Wildman–Crippen LogP) is 0.295. The van der Waals surface area contributed by atoms with Crippen LogP contribution in [0.15, 0.2) is 0 Å². The van der Waals surface area contributed by atoms with Crippen LogP contribution in [0, 0.1) is 0 Å². The lowest BCUT2D eigenvalue weighted by Crippen LogP contribution is -2.43. The Labute approximate surface area is 110 Å². The van der Waals surface area contributed by atoms with Gasteiger partial charge < -0.3 is 15.4 Å². The molecule has 1 amide bonds. The number of nitrogens with zero attached hydrogens (tertiary/aromatic N) is 2. The zero-order chi connectivity index (χ0) is 13.4. The lowest BCUT2D eigenvalue weighted by atomic mass is 10.1. The summed E-state index contributed by atoms with van der Waals surface area (Å²) in [5, 5.41) is 0. The molecule has 0 aromatic carbocycles. The molecule has 18 heavy (non-hydrogen) atoms. The predicted molar refractivity (Wildman–Crippen MR) is 72.4 cm³/mol. The van der Waals surface area contributed by atoms with E-state index in [1.54, 1.807) is 4.90 Å². The quantitative estimate of drug-likeness (QED) is 0.666. The number of ether oxygens (including phenoxy) is 1. The van der Waals surface area contributed by atoms with E-state index in [2.05, 4.69) is 4.90 Å². The Hall–Kier alpha value is -0.650. The van der Waals surface area contributed by atoms with E-state index in [1.807, 2.05) is 14.0 Å². The molecular weight excluding hydrogens is 230 g/mol. The molecule has 0 saturated carbocycles. The van der Waals surface area contributed by atoms with Crippen molar-refractivity contribution in [1.82, 2.24) is 9.80 Å². The molecule has 0 spiro atoms. The molecule has 0 atom stereocenters. The van der Waals surface area contributed by atoms with Crippen LogP contribution in [-0.2, 0) is 9.53 Å². The number of carbonyl (C=O) groups excluding carboxylic acids is 1. The van der Waals surface area contributed by atoms with Gasteiger partial charge in [0.25, 0.3) is 0 Å². The molecule has 1 aliphatic rings. The van der Waals surface area contributed by atoms with Crippen LogP contribution in [0.2, 0.25) is 0 Å². The van der Waals surface area contributed by atoms with Gasteiger partial charge in [0, 0.05) is 33.3 Å². The first-order valence-corrected chi connectivity index (χ1v) is 6.95. The van der Waals surface area contributed by atoms with Gasteiger partial charge in [-0.15, -0.1) is 0 Å². The Bertz CT molecular complexity index is 240. The van der Waals surface area contributed by atoms with E-state index in [1.165, 1.54) is 0 Å². The highest BCUT2D eigenvalue weighted by Crippen LogP contribution is 2.13. The standard InChI is InChI=1S/C13H27N3O2/c1-3-15(2)13(17)11-16-8-5-12(6-9-16)18-10-4-7-14/h12H,3-11,14H2,1-2H3. The van der Waals surface area contributed by atoms with E-state index < -0.39 is 0 Å². The number of hydrogen-bond acceptors (Lipinski definition) is 4. The van der Waals surface area contributed by atoms with Gasteiger partial charge in [0.15, 0.2) is 0 Å². The number of amides is 1. The Morgan fingerprint density at radius 3 is 2.67 bits per heavy atom. The van der Waals surface area contributed by atoms with Crippen molar-refractivity contribution < 1.29 is 9.53 Å². The van der Waals surface area contributed by atoms with E-state index in [0.717, 1.165) is 45.5 Å². The summed E-state index contributed by atoms with van der Waals surface area (Å²) in [7, 11) is 1.85. The second kappa shape index (κ2) is 8.45. The van der Waals surface area contributed by atoms with Crippen molar-refractivity contribution in [3.8, 4) is 0 Å². The molecule has 1 rings (SSSR count). The van der Waals surface area contributed by atoms with E-state index in [9.17, 15) is 4.79 Å². The third-order valence-electron chi connectivity index (χ3n) is 3.50. The van der Waals surface area contributed by atoms with Crippen molar-refractivity contribution in [2.24, 2.45) is 5.73 Å². The zero-order valence-corrected chi connectivity index (χ0v) is 11.7.